The van der Waals surface area contributed by atoms with Gasteiger partial charge in [-0.25, -0.2) is 4.79 Å². The first-order chi connectivity index (χ1) is 11.9. The lowest BCUT2D eigenvalue weighted by Crippen LogP contribution is -2.26. The fourth-order valence-electron chi connectivity index (χ4n) is 2.46. The van der Waals surface area contributed by atoms with Gasteiger partial charge in [-0.2, -0.15) is 9.36 Å². The summed E-state index contributed by atoms with van der Waals surface area (Å²) in [6.45, 7) is 2.13. The molecule has 0 saturated carbocycles. The van der Waals surface area contributed by atoms with Gasteiger partial charge in [-0.3, -0.25) is 10.1 Å². The van der Waals surface area contributed by atoms with Gasteiger partial charge < -0.3 is 0 Å². The number of nitro benzene ring substituents is 1. The van der Waals surface area contributed by atoms with Gasteiger partial charge in [-0.15, -0.1) is 0 Å². The lowest BCUT2D eigenvalue weighted by molar-refractivity contribution is -0.385. The van der Waals surface area contributed by atoms with E-state index in [9.17, 15) is 14.9 Å². The van der Waals surface area contributed by atoms with Crippen LogP contribution in [0.2, 0.25) is 5.02 Å². The summed E-state index contributed by atoms with van der Waals surface area (Å²) in [6.07, 6.45) is 0. The van der Waals surface area contributed by atoms with Crippen LogP contribution in [0.25, 0.3) is 0 Å². The number of nitro groups is 1. The maximum absolute atomic E-state index is 12.4. The van der Waals surface area contributed by atoms with Crippen molar-refractivity contribution in [3.05, 3.63) is 84.8 Å². The third-order valence-electron chi connectivity index (χ3n) is 3.73. The molecule has 3 rings (SSSR count). The first-order valence-corrected chi connectivity index (χ1v) is 7.81. The van der Waals surface area contributed by atoms with E-state index in [1.54, 1.807) is 31.2 Å². The highest BCUT2D eigenvalue weighted by Gasteiger charge is 2.12. The summed E-state index contributed by atoms with van der Waals surface area (Å²) in [5.41, 5.74) is 1.84. The average molecular weight is 360 g/mol. The van der Waals surface area contributed by atoms with Crippen LogP contribution in [-0.2, 0) is 13.1 Å². The predicted octanol–water partition coefficient (Wildman–Crippen LogP) is 2.41. The molecule has 9 heteroatoms. The van der Waals surface area contributed by atoms with Crippen molar-refractivity contribution >= 4 is 17.3 Å². The van der Waals surface area contributed by atoms with E-state index in [1.165, 1.54) is 15.4 Å². The zero-order valence-electron chi connectivity index (χ0n) is 13.3. The molecule has 0 unspecified atom stereocenters. The molecule has 0 aliphatic carbocycles. The number of nitrogens with zero attached hydrogens (tertiary/aromatic N) is 5. The van der Waals surface area contributed by atoms with E-state index in [0.29, 0.717) is 10.6 Å². The van der Waals surface area contributed by atoms with Crippen molar-refractivity contribution in [2.45, 2.75) is 20.0 Å². The highest BCUT2D eigenvalue weighted by Crippen LogP contribution is 2.19. The van der Waals surface area contributed by atoms with E-state index in [2.05, 4.69) is 10.4 Å². The SMILES string of the molecule is Cc1cc(Cn2nnn(Cc3ccc(Cl)cc3)c2=O)ccc1[N+](=O)[O-]. The zero-order chi connectivity index (χ0) is 18.0. The molecule has 0 fully saturated rings. The minimum Gasteiger partial charge on any atom is -0.258 e. The number of benzene rings is 2. The van der Waals surface area contributed by atoms with Crippen molar-refractivity contribution in [2.75, 3.05) is 0 Å². The van der Waals surface area contributed by atoms with Gasteiger partial charge in [-0.05, 0) is 46.7 Å². The highest BCUT2D eigenvalue weighted by atomic mass is 35.5. The van der Waals surface area contributed by atoms with E-state index in [4.69, 9.17) is 11.6 Å². The molecule has 1 heterocycles. The number of rotatable bonds is 5. The summed E-state index contributed by atoms with van der Waals surface area (Å²) >= 11 is 5.84. The third kappa shape index (κ3) is 3.74. The molecule has 3 aromatic rings. The summed E-state index contributed by atoms with van der Waals surface area (Å²) in [5, 5.41) is 19.2. The van der Waals surface area contributed by atoms with Gasteiger partial charge in [0.2, 0.25) is 0 Å². The van der Waals surface area contributed by atoms with Crippen molar-refractivity contribution in [3.63, 3.8) is 0 Å². The lowest BCUT2D eigenvalue weighted by Gasteiger charge is -2.02. The van der Waals surface area contributed by atoms with Crippen LogP contribution in [0.15, 0.2) is 47.3 Å². The number of aryl methyl sites for hydroxylation is 1. The molecule has 0 radical (unpaired) electrons. The molecular formula is C16H14ClN5O3. The van der Waals surface area contributed by atoms with Crippen molar-refractivity contribution in [1.29, 1.82) is 0 Å². The van der Waals surface area contributed by atoms with E-state index < -0.39 is 4.92 Å². The predicted molar refractivity (Wildman–Crippen MR) is 91.8 cm³/mol. The largest absolute Gasteiger partial charge is 0.364 e. The van der Waals surface area contributed by atoms with Gasteiger partial charge in [0.05, 0.1) is 18.0 Å². The van der Waals surface area contributed by atoms with E-state index in [0.717, 1.165) is 11.1 Å². The van der Waals surface area contributed by atoms with E-state index >= 15 is 0 Å². The summed E-state index contributed by atoms with van der Waals surface area (Å²) in [4.78, 5) is 22.8. The van der Waals surface area contributed by atoms with Crippen LogP contribution in [-0.4, -0.2) is 24.7 Å². The van der Waals surface area contributed by atoms with Crippen LogP contribution < -0.4 is 5.69 Å². The van der Waals surface area contributed by atoms with Gasteiger partial charge in [0.1, 0.15) is 0 Å². The molecule has 0 spiro atoms. The van der Waals surface area contributed by atoms with Crippen molar-refractivity contribution < 1.29 is 4.92 Å². The maximum atomic E-state index is 12.4. The van der Waals surface area contributed by atoms with Crippen LogP contribution in [0, 0.1) is 17.0 Å². The van der Waals surface area contributed by atoms with Crippen molar-refractivity contribution in [3.8, 4) is 0 Å². The van der Waals surface area contributed by atoms with Crippen molar-refractivity contribution in [2.24, 2.45) is 0 Å². The Morgan fingerprint density at radius 2 is 1.60 bits per heavy atom. The highest BCUT2D eigenvalue weighted by molar-refractivity contribution is 6.30. The van der Waals surface area contributed by atoms with Gasteiger partial charge in [-0.1, -0.05) is 29.8 Å². The van der Waals surface area contributed by atoms with Crippen LogP contribution >= 0.6 is 11.6 Å². The molecule has 0 aliphatic rings. The Hall–Kier alpha value is -3.00. The topological polar surface area (TPSA) is 95.8 Å². The summed E-state index contributed by atoms with van der Waals surface area (Å²) in [7, 11) is 0. The maximum Gasteiger partial charge on any atom is 0.364 e. The summed E-state index contributed by atoms with van der Waals surface area (Å²) in [6, 6.07) is 11.8. The van der Waals surface area contributed by atoms with Crippen LogP contribution in [0.1, 0.15) is 16.7 Å². The zero-order valence-corrected chi connectivity index (χ0v) is 14.1. The lowest BCUT2D eigenvalue weighted by atomic mass is 10.1. The molecule has 1 aromatic heterocycles. The first kappa shape index (κ1) is 16.8. The second kappa shape index (κ2) is 6.86. The van der Waals surface area contributed by atoms with Gasteiger partial charge in [0.25, 0.3) is 5.69 Å². The van der Waals surface area contributed by atoms with E-state index in [-0.39, 0.29) is 24.5 Å². The standard InChI is InChI=1S/C16H14ClN5O3/c1-11-8-13(4-7-15(11)22(24)25)10-21-16(23)20(18-19-21)9-12-2-5-14(17)6-3-12/h2-8H,9-10H2,1H3. The molecule has 25 heavy (non-hydrogen) atoms. The second-order valence-electron chi connectivity index (χ2n) is 5.58. The van der Waals surface area contributed by atoms with Crippen LogP contribution in [0.4, 0.5) is 5.69 Å². The number of tetrazole rings is 1. The Morgan fingerprint density at radius 1 is 1.04 bits per heavy atom. The number of hydrogen-bond acceptors (Lipinski definition) is 5. The van der Waals surface area contributed by atoms with Crippen LogP contribution in [0.5, 0.6) is 0 Å². The molecule has 0 saturated heterocycles. The van der Waals surface area contributed by atoms with Gasteiger partial charge in [0.15, 0.2) is 0 Å². The molecule has 0 amide bonds. The molecule has 0 bridgehead atoms. The summed E-state index contributed by atoms with van der Waals surface area (Å²) < 4.78 is 2.47. The molecule has 0 atom stereocenters. The molecular weight excluding hydrogens is 346 g/mol. The monoisotopic (exact) mass is 359 g/mol. The van der Waals surface area contributed by atoms with Gasteiger partial charge in [0, 0.05) is 16.7 Å². The first-order valence-electron chi connectivity index (χ1n) is 7.43. The third-order valence-corrected chi connectivity index (χ3v) is 3.99. The number of hydrogen-bond donors (Lipinski definition) is 0. The minimum absolute atomic E-state index is 0.0440. The van der Waals surface area contributed by atoms with Crippen molar-refractivity contribution in [1.82, 2.24) is 19.8 Å². The number of halogens is 1. The molecule has 128 valence electrons. The van der Waals surface area contributed by atoms with Gasteiger partial charge >= 0.3 is 5.69 Å². The quantitative estimate of drug-likeness (QED) is 0.515. The Balaban J connectivity index is 1.79. The minimum atomic E-state index is -0.437. The molecule has 2 aromatic carbocycles. The Kier molecular flexibility index (Phi) is 4.62. The van der Waals surface area contributed by atoms with E-state index in [1.807, 2.05) is 12.1 Å². The average Bonchev–Trinajstić information content (AvgIpc) is 2.90. The fourth-order valence-corrected chi connectivity index (χ4v) is 2.59. The molecule has 0 aliphatic heterocycles. The molecule has 0 N–H and O–H groups in total. The Morgan fingerprint density at radius 3 is 2.16 bits per heavy atom. The molecule has 8 nitrogen and oxygen atoms in total. The second-order valence-corrected chi connectivity index (χ2v) is 6.02. The Labute approximate surface area is 147 Å². The normalized spacial score (nSPS) is 10.8. The summed E-state index contributed by atoms with van der Waals surface area (Å²) in [5.74, 6) is 0. The smallest absolute Gasteiger partial charge is 0.258 e. The Bertz CT molecular complexity index is 978. The number of aromatic nitrogens is 4. The van der Waals surface area contributed by atoms with Crippen LogP contribution in [0.3, 0.4) is 0 Å². The fraction of sp³-hybridized carbons (Fsp3) is 0.188.